The van der Waals surface area contributed by atoms with E-state index in [0.717, 1.165) is 18.9 Å². The molecule has 1 aliphatic heterocycles. The molecule has 2 heterocycles. The molecule has 3 atom stereocenters. The Kier molecular flexibility index (Phi) is 5.00. The van der Waals surface area contributed by atoms with Crippen molar-refractivity contribution in [2.45, 2.75) is 58.9 Å². The zero-order valence-corrected chi connectivity index (χ0v) is 13.5. The summed E-state index contributed by atoms with van der Waals surface area (Å²) in [7, 11) is 0. The van der Waals surface area contributed by atoms with E-state index in [2.05, 4.69) is 15.3 Å². The third-order valence-corrected chi connectivity index (χ3v) is 3.79. The van der Waals surface area contributed by atoms with E-state index in [1.54, 1.807) is 6.20 Å². The van der Waals surface area contributed by atoms with Gasteiger partial charge in [-0.05, 0) is 34.6 Å². The van der Waals surface area contributed by atoms with Crippen LogP contribution < -0.4 is 5.32 Å². The number of rotatable bonds is 4. The largest absolute Gasteiger partial charge is 0.373 e. The molecule has 2 rings (SSSR count). The van der Waals surface area contributed by atoms with Gasteiger partial charge in [-0.3, -0.25) is 9.69 Å². The number of carbonyl (C=O) groups excluding carboxylic acids is 1. The lowest BCUT2D eigenvalue weighted by molar-refractivity contribution is -0.126. The van der Waals surface area contributed by atoms with Crippen LogP contribution in [0.1, 0.15) is 40.7 Å². The number of carbonyl (C=O) groups is 1. The van der Waals surface area contributed by atoms with Crippen molar-refractivity contribution in [2.24, 2.45) is 0 Å². The van der Waals surface area contributed by atoms with Gasteiger partial charge in [-0.2, -0.15) is 5.10 Å². The minimum Gasteiger partial charge on any atom is -0.373 e. The van der Waals surface area contributed by atoms with Crippen LogP contribution in [0.25, 0.3) is 0 Å². The minimum atomic E-state index is -0.186. The highest BCUT2D eigenvalue weighted by Crippen LogP contribution is 2.17. The van der Waals surface area contributed by atoms with Crippen LogP contribution in [0.4, 0.5) is 5.82 Å². The Morgan fingerprint density at radius 1 is 1.33 bits per heavy atom. The molecule has 0 aromatic carbocycles. The van der Waals surface area contributed by atoms with Crippen molar-refractivity contribution in [3.05, 3.63) is 12.3 Å². The predicted molar refractivity (Wildman–Crippen MR) is 82.3 cm³/mol. The van der Waals surface area contributed by atoms with Gasteiger partial charge in [-0.25, -0.2) is 4.68 Å². The monoisotopic (exact) mass is 294 g/mol. The van der Waals surface area contributed by atoms with Gasteiger partial charge in [0.1, 0.15) is 5.82 Å². The molecule has 0 spiro atoms. The van der Waals surface area contributed by atoms with Gasteiger partial charge in [-0.15, -0.1) is 0 Å². The highest BCUT2D eigenvalue weighted by atomic mass is 16.5. The van der Waals surface area contributed by atoms with Crippen LogP contribution in [0.5, 0.6) is 0 Å². The van der Waals surface area contributed by atoms with Gasteiger partial charge < -0.3 is 10.1 Å². The Morgan fingerprint density at radius 2 is 1.95 bits per heavy atom. The zero-order valence-electron chi connectivity index (χ0n) is 13.5. The molecule has 1 aliphatic rings. The number of aromatic nitrogens is 2. The van der Waals surface area contributed by atoms with Crippen LogP contribution in [-0.2, 0) is 9.53 Å². The molecule has 1 aromatic heterocycles. The first-order valence-electron chi connectivity index (χ1n) is 7.62. The maximum atomic E-state index is 12.5. The van der Waals surface area contributed by atoms with E-state index in [4.69, 9.17) is 4.74 Å². The van der Waals surface area contributed by atoms with Crippen molar-refractivity contribution < 1.29 is 9.53 Å². The molecule has 1 N–H and O–H groups in total. The molecule has 0 unspecified atom stereocenters. The molecule has 1 fully saturated rings. The molecule has 1 saturated heterocycles. The van der Waals surface area contributed by atoms with Crippen LogP contribution in [0, 0.1) is 0 Å². The van der Waals surface area contributed by atoms with Crippen molar-refractivity contribution in [1.82, 2.24) is 14.7 Å². The first-order chi connectivity index (χ1) is 9.88. The van der Waals surface area contributed by atoms with Crippen LogP contribution in [0.15, 0.2) is 12.3 Å². The molecule has 118 valence electrons. The number of hydrogen-bond donors (Lipinski definition) is 1. The predicted octanol–water partition coefficient (Wildman–Crippen LogP) is 1.90. The summed E-state index contributed by atoms with van der Waals surface area (Å²) in [6.45, 7) is 11.7. The number of ether oxygens (including phenoxy) is 1. The molecule has 0 aliphatic carbocycles. The summed E-state index contributed by atoms with van der Waals surface area (Å²) in [6.07, 6.45) is 2.02. The second-order valence-corrected chi connectivity index (χ2v) is 6.13. The zero-order chi connectivity index (χ0) is 15.6. The van der Waals surface area contributed by atoms with Crippen LogP contribution in [0.3, 0.4) is 0 Å². The molecular formula is C15H26N4O2. The number of nitrogens with one attached hydrogen (secondary N) is 1. The molecule has 0 radical (unpaired) electrons. The summed E-state index contributed by atoms with van der Waals surface area (Å²) in [4.78, 5) is 14.6. The van der Waals surface area contributed by atoms with Crippen molar-refractivity contribution in [2.75, 3.05) is 18.4 Å². The van der Waals surface area contributed by atoms with E-state index < -0.39 is 0 Å². The van der Waals surface area contributed by atoms with Crippen LogP contribution in [-0.4, -0.2) is 51.9 Å². The second-order valence-electron chi connectivity index (χ2n) is 6.13. The summed E-state index contributed by atoms with van der Waals surface area (Å²) in [5, 5.41) is 7.21. The van der Waals surface area contributed by atoms with Crippen LogP contribution >= 0.6 is 0 Å². The molecule has 0 bridgehead atoms. The fourth-order valence-corrected chi connectivity index (χ4v) is 2.76. The number of anilines is 1. The normalized spacial score (nSPS) is 25.0. The lowest BCUT2D eigenvalue weighted by Gasteiger charge is -2.38. The Hall–Kier alpha value is -1.40. The van der Waals surface area contributed by atoms with Gasteiger partial charge in [0.2, 0.25) is 5.91 Å². The number of amides is 1. The quantitative estimate of drug-likeness (QED) is 0.921. The average molecular weight is 294 g/mol. The smallest absolute Gasteiger partial charge is 0.242 e. The summed E-state index contributed by atoms with van der Waals surface area (Å²) < 4.78 is 7.53. The van der Waals surface area contributed by atoms with E-state index in [1.807, 2.05) is 45.4 Å². The van der Waals surface area contributed by atoms with E-state index in [1.165, 1.54) is 0 Å². The lowest BCUT2D eigenvalue weighted by atomic mass is 10.1. The summed E-state index contributed by atoms with van der Waals surface area (Å²) >= 11 is 0. The van der Waals surface area contributed by atoms with Crippen molar-refractivity contribution in [1.29, 1.82) is 0 Å². The number of hydrogen-bond acceptors (Lipinski definition) is 4. The van der Waals surface area contributed by atoms with Gasteiger partial charge in [0.05, 0.1) is 24.4 Å². The molecule has 6 heteroatoms. The molecule has 1 amide bonds. The second kappa shape index (κ2) is 6.58. The Bertz CT molecular complexity index is 476. The van der Waals surface area contributed by atoms with E-state index in [0.29, 0.717) is 0 Å². The van der Waals surface area contributed by atoms with Crippen LogP contribution in [0.2, 0.25) is 0 Å². The molecule has 21 heavy (non-hydrogen) atoms. The summed E-state index contributed by atoms with van der Waals surface area (Å²) in [6, 6.07) is 1.86. The maximum Gasteiger partial charge on any atom is 0.242 e. The van der Waals surface area contributed by atoms with Gasteiger partial charge >= 0.3 is 0 Å². The SMILES string of the molecule is CC(C)n1nccc1NC(=O)[C@@H](C)N1C[C@@H](C)O[C@H](C)C1. The van der Waals surface area contributed by atoms with E-state index in [9.17, 15) is 4.79 Å². The summed E-state index contributed by atoms with van der Waals surface area (Å²) in [5.41, 5.74) is 0. The minimum absolute atomic E-state index is 0.00120. The first kappa shape index (κ1) is 16.0. The molecule has 0 saturated carbocycles. The van der Waals surface area contributed by atoms with Crippen molar-refractivity contribution in [3.63, 3.8) is 0 Å². The fraction of sp³-hybridized carbons (Fsp3) is 0.733. The third-order valence-electron chi connectivity index (χ3n) is 3.79. The highest BCUT2D eigenvalue weighted by molar-refractivity contribution is 5.93. The standard InChI is InChI=1S/C15H26N4O2/c1-10(2)19-14(6-7-16-19)17-15(20)13(5)18-8-11(3)21-12(4)9-18/h6-7,10-13H,8-9H2,1-5H3,(H,17,20)/t11-,12-,13-/m1/s1. The fourth-order valence-electron chi connectivity index (χ4n) is 2.76. The van der Waals surface area contributed by atoms with E-state index >= 15 is 0 Å². The van der Waals surface area contributed by atoms with Crippen molar-refractivity contribution >= 4 is 11.7 Å². The topological polar surface area (TPSA) is 59.4 Å². The number of nitrogens with zero attached hydrogens (tertiary/aromatic N) is 3. The third kappa shape index (κ3) is 3.83. The van der Waals surface area contributed by atoms with E-state index in [-0.39, 0.29) is 30.2 Å². The average Bonchev–Trinajstić information content (AvgIpc) is 2.84. The number of morpholine rings is 1. The molecule has 1 aromatic rings. The Labute approximate surface area is 126 Å². The molecular weight excluding hydrogens is 268 g/mol. The Morgan fingerprint density at radius 3 is 2.52 bits per heavy atom. The highest BCUT2D eigenvalue weighted by Gasteiger charge is 2.29. The lowest BCUT2D eigenvalue weighted by Crippen LogP contribution is -2.52. The Balaban J connectivity index is 2.00. The van der Waals surface area contributed by atoms with Crippen molar-refractivity contribution in [3.8, 4) is 0 Å². The van der Waals surface area contributed by atoms with Gasteiger partial charge in [0.25, 0.3) is 0 Å². The summed E-state index contributed by atoms with van der Waals surface area (Å²) in [5.74, 6) is 0.745. The first-order valence-corrected chi connectivity index (χ1v) is 7.62. The van der Waals surface area contributed by atoms with Gasteiger partial charge in [0.15, 0.2) is 0 Å². The molecule has 6 nitrogen and oxygen atoms in total. The van der Waals surface area contributed by atoms with Gasteiger partial charge in [-0.1, -0.05) is 0 Å². The maximum absolute atomic E-state index is 12.5. The van der Waals surface area contributed by atoms with Gasteiger partial charge in [0, 0.05) is 25.2 Å².